The van der Waals surface area contributed by atoms with Gasteiger partial charge in [-0.25, -0.2) is 9.69 Å². The average Bonchev–Trinajstić information content (AvgIpc) is 3.36. The van der Waals surface area contributed by atoms with Crippen molar-refractivity contribution in [2.75, 3.05) is 4.90 Å². The summed E-state index contributed by atoms with van der Waals surface area (Å²) >= 11 is 3.33. The van der Waals surface area contributed by atoms with E-state index in [-0.39, 0.29) is 35.5 Å². The third kappa shape index (κ3) is 2.63. The summed E-state index contributed by atoms with van der Waals surface area (Å²) in [6.07, 6.45) is 5.03. The van der Waals surface area contributed by atoms with Crippen molar-refractivity contribution in [1.82, 2.24) is 0 Å². The predicted octanol–water partition coefficient (Wildman–Crippen LogP) is 3.98. The van der Waals surface area contributed by atoms with Gasteiger partial charge in [0.25, 0.3) is 0 Å². The highest BCUT2D eigenvalue weighted by Gasteiger charge is 2.59. The molecule has 2 aromatic carbocycles. The Bertz CT molecular complexity index is 999. The van der Waals surface area contributed by atoms with Crippen molar-refractivity contribution >= 4 is 39.4 Å². The number of rotatable bonds is 3. The van der Waals surface area contributed by atoms with E-state index in [1.165, 1.54) is 4.90 Å². The fraction of sp³-hybridized carbons (Fsp3) is 0.227. The third-order valence-electron chi connectivity index (χ3n) is 5.84. The number of fused-ring (bicyclic) bond motifs is 5. The van der Waals surface area contributed by atoms with Crippen LogP contribution in [0.4, 0.5) is 5.69 Å². The van der Waals surface area contributed by atoms with Crippen LogP contribution in [0.3, 0.4) is 0 Å². The molecule has 0 radical (unpaired) electrons. The van der Waals surface area contributed by atoms with Crippen LogP contribution >= 0.6 is 15.9 Å². The van der Waals surface area contributed by atoms with E-state index in [1.807, 2.05) is 0 Å². The molecule has 0 N–H and O–H groups in total. The first kappa shape index (κ1) is 17.4. The second-order valence-electron chi connectivity index (χ2n) is 7.41. The number of anilines is 1. The second kappa shape index (κ2) is 6.41. The van der Waals surface area contributed by atoms with Gasteiger partial charge in [-0.15, -0.1) is 0 Å². The van der Waals surface area contributed by atoms with Crippen molar-refractivity contribution in [3.8, 4) is 5.75 Å². The molecular formula is C22H16BrNO4. The minimum absolute atomic E-state index is 0.150. The first-order chi connectivity index (χ1) is 13.5. The molecule has 5 nitrogen and oxygen atoms in total. The van der Waals surface area contributed by atoms with E-state index in [1.54, 1.807) is 48.5 Å². The number of amides is 2. The number of carbonyl (C=O) groups excluding carboxylic acids is 3. The minimum atomic E-state index is -0.497. The van der Waals surface area contributed by atoms with Crippen molar-refractivity contribution in [3.05, 3.63) is 70.7 Å². The first-order valence-corrected chi connectivity index (χ1v) is 9.96. The van der Waals surface area contributed by atoms with Gasteiger partial charge < -0.3 is 4.74 Å². The van der Waals surface area contributed by atoms with E-state index in [9.17, 15) is 14.4 Å². The molecule has 5 rings (SSSR count). The van der Waals surface area contributed by atoms with Crippen LogP contribution in [0, 0.1) is 23.7 Å². The summed E-state index contributed by atoms with van der Waals surface area (Å²) < 4.78 is 6.31. The summed E-state index contributed by atoms with van der Waals surface area (Å²) in [6.45, 7) is 0. The molecule has 2 aliphatic carbocycles. The van der Waals surface area contributed by atoms with Crippen LogP contribution in [0.15, 0.2) is 65.2 Å². The van der Waals surface area contributed by atoms with Gasteiger partial charge in [0.15, 0.2) is 0 Å². The van der Waals surface area contributed by atoms with Crippen molar-refractivity contribution in [3.63, 3.8) is 0 Å². The molecule has 2 bridgehead atoms. The number of hydrogen-bond donors (Lipinski definition) is 0. The molecule has 2 fully saturated rings. The molecule has 0 aromatic heterocycles. The number of hydrogen-bond acceptors (Lipinski definition) is 4. The fourth-order valence-corrected chi connectivity index (χ4v) is 4.86. The van der Waals surface area contributed by atoms with Gasteiger partial charge in [-0.3, -0.25) is 9.59 Å². The largest absolute Gasteiger partial charge is 0.423 e. The molecule has 4 atom stereocenters. The number of allylic oxidation sites excluding steroid dienone is 2. The summed E-state index contributed by atoms with van der Waals surface area (Å²) in [5, 5.41) is 0. The molecule has 1 heterocycles. The summed E-state index contributed by atoms with van der Waals surface area (Å²) in [6, 6.07) is 13.4. The highest BCUT2D eigenvalue weighted by atomic mass is 79.9. The van der Waals surface area contributed by atoms with Crippen molar-refractivity contribution in [2.24, 2.45) is 23.7 Å². The highest BCUT2D eigenvalue weighted by Crippen LogP contribution is 2.53. The molecule has 6 heteroatoms. The summed E-state index contributed by atoms with van der Waals surface area (Å²) in [5.41, 5.74) is 0.865. The molecule has 2 amide bonds. The molecule has 1 aliphatic heterocycles. The lowest BCUT2D eigenvalue weighted by atomic mass is 9.85. The van der Waals surface area contributed by atoms with Gasteiger partial charge in [0, 0.05) is 10.5 Å². The minimum Gasteiger partial charge on any atom is -0.423 e. The predicted molar refractivity (Wildman–Crippen MR) is 106 cm³/mol. The third-order valence-corrected chi connectivity index (χ3v) is 6.37. The Labute approximate surface area is 170 Å². The van der Waals surface area contributed by atoms with Crippen LogP contribution < -0.4 is 9.64 Å². The van der Waals surface area contributed by atoms with E-state index in [0.717, 1.165) is 10.9 Å². The lowest BCUT2D eigenvalue weighted by Gasteiger charge is -2.18. The smallest absolute Gasteiger partial charge is 0.343 e. The first-order valence-electron chi connectivity index (χ1n) is 9.17. The molecule has 1 saturated heterocycles. The van der Waals surface area contributed by atoms with Crippen molar-refractivity contribution in [1.29, 1.82) is 0 Å². The number of esters is 1. The SMILES string of the molecule is O=C(Oc1cccc(N2C(=O)C3C4C=CC(C4)C3C2=O)c1)c1ccc(Br)cc1. The maximum absolute atomic E-state index is 12.9. The number of imide groups is 1. The van der Waals surface area contributed by atoms with Crippen LogP contribution in [-0.2, 0) is 9.59 Å². The van der Waals surface area contributed by atoms with E-state index >= 15 is 0 Å². The molecule has 4 unspecified atom stereocenters. The Balaban J connectivity index is 1.39. The highest BCUT2D eigenvalue weighted by molar-refractivity contribution is 9.10. The lowest BCUT2D eigenvalue weighted by Crippen LogP contribution is -2.32. The molecule has 0 spiro atoms. The van der Waals surface area contributed by atoms with E-state index in [0.29, 0.717) is 17.0 Å². The normalized spacial score (nSPS) is 27.4. The average molecular weight is 438 g/mol. The van der Waals surface area contributed by atoms with Crippen LogP contribution in [0.25, 0.3) is 0 Å². The number of halogens is 1. The quantitative estimate of drug-likeness (QED) is 0.315. The van der Waals surface area contributed by atoms with Crippen LogP contribution in [0.1, 0.15) is 16.8 Å². The Morgan fingerprint density at radius 2 is 1.61 bits per heavy atom. The van der Waals surface area contributed by atoms with Crippen LogP contribution in [0.2, 0.25) is 0 Å². The molecule has 1 saturated carbocycles. The van der Waals surface area contributed by atoms with E-state index in [2.05, 4.69) is 28.1 Å². The van der Waals surface area contributed by atoms with Gasteiger partial charge >= 0.3 is 5.97 Å². The molecule has 3 aliphatic rings. The zero-order chi connectivity index (χ0) is 19.4. The topological polar surface area (TPSA) is 63.7 Å². The van der Waals surface area contributed by atoms with E-state index < -0.39 is 5.97 Å². The van der Waals surface area contributed by atoms with Gasteiger partial charge in [0.1, 0.15) is 5.75 Å². The van der Waals surface area contributed by atoms with Crippen LogP contribution in [0.5, 0.6) is 5.75 Å². The van der Waals surface area contributed by atoms with E-state index in [4.69, 9.17) is 4.74 Å². The number of benzene rings is 2. The van der Waals surface area contributed by atoms with Gasteiger partial charge in [-0.05, 0) is 54.7 Å². The Hall–Kier alpha value is -2.73. The van der Waals surface area contributed by atoms with Gasteiger partial charge in [0.05, 0.1) is 23.1 Å². The monoisotopic (exact) mass is 437 g/mol. The Kier molecular flexibility index (Phi) is 3.98. The number of ether oxygens (including phenoxy) is 1. The second-order valence-corrected chi connectivity index (χ2v) is 8.32. The molecular weight excluding hydrogens is 422 g/mol. The fourth-order valence-electron chi connectivity index (χ4n) is 4.59. The van der Waals surface area contributed by atoms with Crippen molar-refractivity contribution in [2.45, 2.75) is 6.42 Å². The molecule has 140 valence electrons. The lowest BCUT2D eigenvalue weighted by molar-refractivity contribution is -0.123. The zero-order valence-corrected chi connectivity index (χ0v) is 16.3. The number of carbonyl (C=O) groups is 3. The standard InChI is InChI=1S/C22H16BrNO4/c23-15-8-6-12(7-9-15)22(27)28-17-3-1-2-16(11-17)24-20(25)18-13-4-5-14(10-13)19(18)21(24)26/h1-9,11,13-14,18-19H,10H2. The summed E-state index contributed by atoms with van der Waals surface area (Å²) in [5.74, 6) is -0.684. The molecule has 2 aromatic rings. The van der Waals surface area contributed by atoms with Crippen molar-refractivity contribution < 1.29 is 19.1 Å². The van der Waals surface area contributed by atoms with Gasteiger partial charge in [-0.1, -0.05) is 34.1 Å². The Morgan fingerprint density at radius 3 is 2.25 bits per heavy atom. The summed E-state index contributed by atoms with van der Waals surface area (Å²) in [4.78, 5) is 39.5. The van der Waals surface area contributed by atoms with Crippen LogP contribution in [-0.4, -0.2) is 17.8 Å². The summed E-state index contributed by atoms with van der Waals surface area (Å²) in [7, 11) is 0. The maximum atomic E-state index is 12.9. The Morgan fingerprint density at radius 1 is 0.964 bits per heavy atom. The van der Waals surface area contributed by atoms with Gasteiger partial charge in [0.2, 0.25) is 11.8 Å². The zero-order valence-electron chi connectivity index (χ0n) is 14.7. The van der Waals surface area contributed by atoms with Gasteiger partial charge in [-0.2, -0.15) is 0 Å². The molecule has 28 heavy (non-hydrogen) atoms. The number of nitrogens with zero attached hydrogens (tertiary/aromatic N) is 1. The maximum Gasteiger partial charge on any atom is 0.343 e.